The second kappa shape index (κ2) is 10.5. The zero-order valence-electron chi connectivity index (χ0n) is 17.9. The van der Waals surface area contributed by atoms with Gasteiger partial charge in [0.2, 0.25) is 0 Å². The number of nitrogens with one attached hydrogen (secondary N) is 3. The number of nitrogens with zero attached hydrogens (tertiary/aromatic N) is 3. The van der Waals surface area contributed by atoms with Crippen LogP contribution in [0.4, 0.5) is 5.82 Å². The van der Waals surface area contributed by atoms with Crippen LogP contribution in [0.15, 0.2) is 18.3 Å². The van der Waals surface area contributed by atoms with Gasteiger partial charge in [0.1, 0.15) is 15.7 Å². The van der Waals surface area contributed by atoms with Gasteiger partial charge in [-0.25, -0.2) is 18.4 Å². The highest BCUT2D eigenvalue weighted by atomic mass is 35.5. The summed E-state index contributed by atoms with van der Waals surface area (Å²) in [6.45, 7) is 1.27. The lowest BCUT2D eigenvalue weighted by Gasteiger charge is -2.20. The van der Waals surface area contributed by atoms with E-state index in [9.17, 15) is 22.8 Å². The van der Waals surface area contributed by atoms with Gasteiger partial charge in [0.15, 0.2) is 5.01 Å². The largest absolute Gasteiger partial charge is 0.346 e. The predicted molar refractivity (Wildman–Crippen MR) is 124 cm³/mol. The smallest absolute Gasteiger partial charge is 0.314 e. The molecule has 0 radical (unpaired) electrons. The Morgan fingerprint density at radius 3 is 2.70 bits per heavy atom. The molecule has 0 aromatic carbocycles. The lowest BCUT2D eigenvalue weighted by molar-refractivity contribution is -0.136. The molecule has 0 aliphatic carbocycles. The Morgan fingerprint density at radius 2 is 2.03 bits per heavy atom. The van der Waals surface area contributed by atoms with Gasteiger partial charge in [-0.15, -0.1) is 11.3 Å². The topological polar surface area (TPSA) is 150 Å². The second-order valence-corrected chi connectivity index (χ2v) is 11.4. The van der Waals surface area contributed by atoms with Crippen molar-refractivity contribution < 1.29 is 22.8 Å². The van der Waals surface area contributed by atoms with E-state index >= 15 is 0 Å². The first-order valence-corrected chi connectivity index (χ1v) is 13.1. The van der Waals surface area contributed by atoms with Gasteiger partial charge in [-0.2, -0.15) is 0 Å². The highest BCUT2D eigenvalue weighted by Gasteiger charge is 2.25. The number of thiazole rings is 1. The molecule has 3 N–H and O–H groups in total. The van der Waals surface area contributed by atoms with E-state index in [1.54, 1.807) is 0 Å². The lowest BCUT2D eigenvalue weighted by Crippen LogP contribution is -2.49. The molecule has 3 heterocycles. The Morgan fingerprint density at radius 1 is 1.27 bits per heavy atom. The number of carbonyl (C=O) groups excluding carboxylic acids is 3. The molecule has 178 valence electrons. The van der Waals surface area contributed by atoms with E-state index in [2.05, 4.69) is 30.8 Å². The number of hydrogen-bond donors (Lipinski definition) is 3. The van der Waals surface area contributed by atoms with Crippen LogP contribution in [0, 0.1) is 0 Å². The first-order valence-electron chi connectivity index (χ1n) is 9.86. The van der Waals surface area contributed by atoms with Crippen LogP contribution < -0.4 is 16.0 Å². The third-order valence-corrected chi connectivity index (χ3v) is 6.95. The Hall–Kier alpha value is -2.61. The third-order valence-electron chi connectivity index (χ3n) is 4.64. The van der Waals surface area contributed by atoms with Crippen LogP contribution in [0.3, 0.4) is 0 Å². The Kier molecular flexibility index (Phi) is 8.00. The molecule has 1 aliphatic heterocycles. The zero-order valence-corrected chi connectivity index (χ0v) is 20.3. The van der Waals surface area contributed by atoms with Crippen LogP contribution in [0.1, 0.15) is 20.4 Å². The number of likely N-dealkylation sites (N-methyl/N-ethyl adjacent to an activating group) is 1. The molecule has 33 heavy (non-hydrogen) atoms. The first-order chi connectivity index (χ1) is 15.5. The van der Waals surface area contributed by atoms with Gasteiger partial charge in [-0.3, -0.25) is 14.4 Å². The summed E-state index contributed by atoms with van der Waals surface area (Å²) in [5, 5.41) is 7.84. The average Bonchev–Trinajstić information content (AvgIpc) is 3.15. The first kappa shape index (κ1) is 25.0. The number of aromatic nitrogens is 2. The lowest BCUT2D eigenvalue weighted by atomic mass is 10.2. The molecule has 1 unspecified atom stereocenters. The maximum absolute atomic E-state index is 12.7. The number of fused-ring (bicyclic) bond motifs is 1. The minimum Gasteiger partial charge on any atom is -0.346 e. The van der Waals surface area contributed by atoms with Gasteiger partial charge < -0.3 is 20.9 Å². The normalized spacial score (nSPS) is 14.8. The van der Waals surface area contributed by atoms with Crippen LogP contribution in [0.5, 0.6) is 0 Å². The maximum Gasteiger partial charge on any atom is 0.314 e. The number of hydrogen-bond acceptors (Lipinski definition) is 9. The molecule has 11 nitrogen and oxygen atoms in total. The Labute approximate surface area is 199 Å². The van der Waals surface area contributed by atoms with Gasteiger partial charge in [-0.05, 0) is 19.2 Å². The predicted octanol–water partition coefficient (Wildman–Crippen LogP) is 0.0773. The summed E-state index contributed by atoms with van der Waals surface area (Å²) in [6, 6.07) is 1.96. The van der Waals surface area contributed by atoms with Crippen molar-refractivity contribution in [3.8, 4) is 0 Å². The van der Waals surface area contributed by atoms with Crippen molar-refractivity contribution in [2.45, 2.75) is 19.0 Å². The van der Waals surface area contributed by atoms with Crippen molar-refractivity contribution >= 4 is 56.3 Å². The minimum absolute atomic E-state index is 0.124. The fourth-order valence-electron chi connectivity index (χ4n) is 3.10. The van der Waals surface area contributed by atoms with E-state index < -0.39 is 39.4 Å². The van der Waals surface area contributed by atoms with E-state index in [-0.39, 0.29) is 17.4 Å². The van der Waals surface area contributed by atoms with Crippen molar-refractivity contribution in [3.05, 3.63) is 38.9 Å². The van der Waals surface area contributed by atoms with Crippen LogP contribution in [-0.4, -0.2) is 79.2 Å². The summed E-state index contributed by atoms with van der Waals surface area (Å²) >= 11 is 6.98. The molecule has 0 spiro atoms. The highest BCUT2D eigenvalue weighted by molar-refractivity contribution is 7.90. The number of pyridine rings is 1. The zero-order chi connectivity index (χ0) is 24.2. The van der Waals surface area contributed by atoms with Gasteiger partial charge in [0.05, 0.1) is 22.5 Å². The van der Waals surface area contributed by atoms with E-state index in [1.165, 1.54) is 29.7 Å². The molecule has 0 fully saturated rings. The van der Waals surface area contributed by atoms with E-state index in [0.29, 0.717) is 11.6 Å². The summed E-state index contributed by atoms with van der Waals surface area (Å²) in [5.41, 5.74) is 0.865. The molecule has 0 bridgehead atoms. The van der Waals surface area contributed by atoms with Gasteiger partial charge >= 0.3 is 11.8 Å². The third kappa shape index (κ3) is 7.45. The summed E-state index contributed by atoms with van der Waals surface area (Å²) < 4.78 is 23.6. The number of rotatable bonds is 7. The van der Waals surface area contributed by atoms with E-state index in [1.807, 2.05) is 7.05 Å². The number of carbonyl (C=O) groups is 3. The number of anilines is 1. The number of sulfone groups is 1. The number of amides is 3. The molecular weight excluding hydrogens is 492 g/mol. The molecule has 3 amide bonds. The van der Waals surface area contributed by atoms with Crippen molar-refractivity contribution in [2.24, 2.45) is 0 Å². The maximum atomic E-state index is 12.7. The van der Waals surface area contributed by atoms with Crippen molar-refractivity contribution in [1.29, 1.82) is 0 Å². The molecule has 14 heteroatoms. The SMILES string of the molecule is CN1CCc2nc(C(=O)NC(CNC(=O)C(=O)Nc3ccc(Cl)cn3)CS(C)(=O)=O)sc2C1. The molecule has 3 rings (SSSR count). The number of halogens is 1. The van der Waals surface area contributed by atoms with Crippen molar-refractivity contribution in [3.63, 3.8) is 0 Å². The molecule has 2 aromatic heterocycles. The molecule has 0 saturated heterocycles. The summed E-state index contributed by atoms with van der Waals surface area (Å²) in [6.07, 6.45) is 3.06. The summed E-state index contributed by atoms with van der Waals surface area (Å²) in [7, 11) is -1.52. The van der Waals surface area contributed by atoms with Crippen LogP contribution >= 0.6 is 22.9 Å². The molecule has 1 aliphatic rings. The van der Waals surface area contributed by atoms with Crippen molar-refractivity contribution in [1.82, 2.24) is 25.5 Å². The Bertz CT molecular complexity index is 1150. The standard InChI is InChI=1S/C19H23ClN6O5S2/c1-26-6-5-13-14(9-26)32-19(24-13)18(29)23-12(10-33(2,30)31)8-22-16(27)17(28)25-15-4-3-11(20)7-21-15/h3-4,7,12H,5-6,8-10H2,1-2H3,(H,22,27)(H,23,29)(H,21,25,28). The van der Waals surface area contributed by atoms with Gasteiger partial charge in [-0.1, -0.05) is 11.6 Å². The minimum atomic E-state index is -3.49. The van der Waals surface area contributed by atoms with Crippen molar-refractivity contribution in [2.75, 3.05) is 37.5 Å². The second-order valence-electron chi connectivity index (χ2n) is 7.67. The van der Waals surface area contributed by atoms with Crippen LogP contribution in [-0.2, 0) is 32.4 Å². The van der Waals surface area contributed by atoms with Gasteiger partial charge in [0, 0.05) is 43.4 Å². The van der Waals surface area contributed by atoms with E-state index in [4.69, 9.17) is 11.6 Å². The van der Waals surface area contributed by atoms with Gasteiger partial charge in [0.25, 0.3) is 5.91 Å². The Balaban J connectivity index is 1.61. The summed E-state index contributed by atoms with van der Waals surface area (Å²) in [4.78, 5) is 48.3. The highest BCUT2D eigenvalue weighted by Crippen LogP contribution is 2.24. The van der Waals surface area contributed by atoms with Crippen LogP contribution in [0.25, 0.3) is 0 Å². The van der Waals surface area contributed by atoms with Crippen LogP contribution in [0.2, 0.25) is 5.02 Å². The molecular formula is C19H23ClN6O5S2. The average molecular weight is 515 g/mol. The molecule has 2 aromatic rings. The fourth-order valence-corrected chi connectivity index (χ4v) is 5.24. The van der Waals surface area contributed by atoms with E-state index in [0.717, 1.165) is 29.8 Å². The monoisotopic (exact) mass is 514 g/mol. The molecule has 0 saturated carbocycles. The fraction of sp³-hybridized carbons (Fsp3) is 0.421. The molecule has 1 atom stereocenters. The summed E-state index contributed by atoms with van der Waals surface area (Å²) in [5.74, 6) is -2.83. The quantitative estimate of drug-likeness (QED) is 0.439.